The van der Waals surface area contributed by atoms with Gasteiger partial charge in [-0.15, -0.1) is 0 Å². The molecule has 1 aromatic heterocycles. The fourth-order valence-electron chi connectivity index (χ4n) is 2.53. The van der Waals surface area contributed by atoms with Crippen LogP contribution < -0.4 is 5.32 Å². The zero-order valence-electron chi connectivity index (χ0n) is 13.3. The molecule has 0 spiro atoms. The summed E-state index contributed by atoms with van der Waals surface area (Å²) in [4.78, 5) is 25.6. The number of esters is 1. The lowest BCUT2D eigenvalue weighted by atomic mass is 10.0. The third kappa shape index (κ3) is 2.92. The summed E-state index contributed by atoms with van der Waals surface area (Å²) in [7, 11) is 1.73. The fourth-order valence-corrected chi connectivity index (χ4v) is 2.53. The Labute approximate surface area is 134 Å². The lowest BCUT2D eigenvalue weighted by molar-refractivity contribution is 0.0444. The molecule has 1 atom stereocenters. The van der Waals surface area contributed by atoms with Gasteiger partial charge in [-0.1, -0.05) is 6.07 Å². The second-order valence-corrected chi connectivity index (χ2v) is 5.61. The van der Waals surface area contributed by atoms with Gasteiger partial charge in [0.15, 0.2) is 0 Å². The molecule has 120 valence electrons. The van der Waals surface area contributed by atoms with Gasteiger partial charge in [0.25, 0.3) is 0 Å². The van der Waals surface area contributed by atoms with Gasteiger partial charge in [0.1, 0.15) is 18.1 Å². The lowest BCUT2D eigenvalue weighted by Crippen LogP contribution is -2.38. The molecule has 1 aromatic carbocycles. The first kappa shape index (κ1) is 15.1. The minimum atomic E-state index is -0.456. The van der Waals surface area contributed by atoms with Crippen LogP contribution in [-0.2, 0) is 11.3 Å². The summed E-state index contributed by atoms with van der Waals surface area (Å²) < 4.78 is 10.6. The van der Waals surface area contributed by atoms with Gasteiger partial charge in [-0.25, -0.2) is 9.59 Å². The number of benzene rings is 1. The molecule has 0 radical (unpaired) electrons. The maximum atomic E-state index is 12.2. The van der Waals surface area contributed by atoms with Crippen LogP contribution in [0.1, 0.15) is 40.4 Å². The predicted octanol–water partition coefficient (Wildman–Crippen LogP) is 3.48. The number of fused-ring (bicyclic) bond motifs is 1. The van der Waals surface area contributed by atoms with Crippen LogP contribution in [0.2, 0.25) is 0 Å². The van der Waals surface area contributed by atoms with E-state index in [1.165, 1.54) is 0 Å². The Kier molecular flexibility index (Phi) is 3.82. The summed E-state index contributed by atoms with van der Waals surface area (Å²) in [5, 5.41) is 2.77. The molecule has 1 aliphatic heterocycles. The standard InChI is InChI=1S/C17H18N2O4/c1-10-4-6-13(23-10)9-22-16(20)12-5-7-14-11(2)19(3)17(21)18-15(14)8-12/h4-8,11H,9H2,1-3H3,(H,18,21)/t11-/m0/s1. The Bertz CT molecular complexity index is 766. The van der Waals surface area contributed by atoms with Crippen molar-refractivity contribution in [2.75, 3.05) is 12.4 Å². The Morgan fingerprint density at radius 1 is 1.35 bits per heavy atom. The van der Waals surface area contributed by atoms with Crippen molar-refractivity contribution in [2.24, 2.45) is 0 Å². The second kappa shape index (κ2) is 5.79. The molecule has 0 fully saturated rings. The van der Waals surface area contributed by atoms with Crippen LogP contribution in [0.25, 0.3) is 0 Å². The molecule has 1 N–H and O–H groups in total. The number of urea groups is 1. The molecule has 6 heteroatoms. The first-order valence-corrected chi connectivity index (χ1v) is 7.36. The van der Waals surface area contributed by atoms with Crippen molar-refractivity contribution in [3.05, 3.63) is 53.0 Å². The van der Waals surface area contributed by atoms with E-state index in [0.717, 1.165) is 11.3 Å². The summed E-state index contributed by atoms with van der Waals surface area (Å²) >= 11 is 0. The van der Waals surface area contributed by atoms with Crippen LogP contribution in [-0.4, -0.2) is 23.9 Å². The molecule has 6 nitrogen and oxygen atoms in total. The van der Waals surface area contributed by atoms with Crippen LogP contribution in [0.5, 0.6) is 0 Å². The zero-order valence-corrected chi connectivity index (χ0v) is 13.3. The van der Waals surface area contributed by atoms with Crippen LogP contribution in [0.4, 0.5) is 10.5 Å². The number of aryl methyl sites for hydroxylation is 1. The maximum Gasteiger partial charge on any atom is 0.338 e. The molecular formula is C17H18N2O4. The summed E-state index contributed by atoms with van der Waals surface area (Å²) in [6.45, 7) is 3.85. The van der Waals surface area contributed by atoms with E-state index in [1.807, 2.05) is 26.0 Å². The highest BCUT2D eigenvalue weighted by Crippen LogP contribution is 2.32. The van der Waals surface area contributed by atoms with E-state index >= 15 is 0 Å². The molecule has 0 unspecified atom stereocenters. The molecular weight excluding hydrogens is 296 g/mol. The van der Waals surface area contributed by atoms with Crippen molar-refractivity contribution in [1.82, 2.24) is 4.90 Å². The summed E-state index contributed by atoms with van der Waals surface area (Å²) in [5.41, 5.74) is 2.00. The van der Waals surface area contributed by atoms with Crippen LogP contribution in [0.15, 0.2) is 34.7 Å². The third-order valence-corrected chi connectivity index (χ3v) is 4.02. The summed E-state index contributed by atoms with van der Waals surface area (Å²) in [5.74, 6) is 0.908. The smallest absolute Gasteiger partial charge is 0.338 e. The molecule has 0 bridgehead atoms. The molecule has 23 heavy (non-hydrogen) atoms. The number of amides is 2. The quantitative estimate of drug-likeness (QED) is 0.880. The SMILES string of the molecule is Cc1ccc(COC(=O)c2ccc3c(c2)NC(=O)N(C)[C@H]3C)o1. The molecule has 2 heterocycles. The number of anilines is 1. The van der Waals surface area contributed by atoms with Gasteiger partial charge in [-0.05, 0) is 43.7 Å². The Morgan fingerprint density at radius 3 is 2.83 bits per heavy atom. The van der Waals surface area contributed by atoms with E-state index in [0.29, 0.717) is 17.0 Å². The zero-order chi connectivity index (χ0) is 16.6. The van der Waals surface area contributed by atoms with Gasteiger partial charge in [0, 0.05) is 12.7 Å². The molecule has 1 aliphatic rings. The monoisotopic (exact) mass is 314 g/mol. The van der Waals surface area contributed by atoms with Crippen molar-refractivity contribution in [2.45, 2.75) is 26.5 Å². The van der Waals surface area contributed by atoms with Crippen molar-refractivity contribution in [1.29, 1.82) is 0 Å². The van der Waals surface area contributed by atoms with Gasteiger partial charge in [-0.3, -0.25) is 0 Å². The van der Waals surface area contributed by atoms with Crippen molar-refractivity contribution in [3.63, 3.8) is 0 Å². The molecule has 2 aromatic rings. The third-order valence-electron chi connectivity index (χ3n) is 4.02. The molecule has 2 amide bonds. The fraction of sp³-hybridized carbons (Fsp3) is 0.294. The minimum absolute atomic E-state index is 0.0464. The highest BCUT2D eigenvalue weighted by Gasteiger charge is 2.27. The highest BCUT2D eigenvalue weighted by atomic mass is 16.5. The highest BCUT2D eigenvalue weighted by molar-refractivity contribution is 5.96. The predicted molar refractivity (Wildman–Crippen MR) is 84.2 cm³/mol. The normalized spacial score (nSPS) is 16.7. The van der Waals surface area contributed by atoms with E-state index in [-0.39, 0.29) is 18.7 Å². The Balaban J connectivity index is 1.75. The van der Waals surface area contributed by atoms with E-state index in [4.69, 9.17) is 9.15 Å². The topological polar surface area (TPSA) is 71.8 Å². The number of nitrogens with zero attached hydrogens (tertiary/aromatic N) is 1. The van der Waals surface area contributed by atoms with Crippen molar-refractivity contribution in [3.8, 4) is 0 Å². The minimum Gasteiger partial charge on any atom is -0.463 e. The summed E-state index contributed by atoms with van der Waals surface area (Å²) in [6, 6.07) is 8.53. The number of nitrogens with one attached hydrogen (secondary N) is 1. The first-order chi connectivity index (χ1) is 11.0. The van der Waals surface area contributed by atoms with E-state index in [9.17, 15) is 9.59 Å². The van der Waals surface area contributed by atoms with Gasteiger partial charge in [-0.2, -0.15) is 0 Å². The second-order valence-electron chi connectivity index (χ2n) is 5.61. The number of rotatable bonds is 3. The van der Waals surface area contributed by atoms with Gasteiger partial charge < -0.3 is 19.4 Å². The number of hydrogen-bond acceptors (Lipinski definition) is 4. The van der Waals surface area contributed by atoms with E-state index in [1.54, 1.807) is 30.1 Å². The largest absolute Gasteiger partial charge is 0.463 e. The van der Waals surface area contributed by atoms with Gasteiger partial charge >= 0.3 is 12.0 Å². The number of carbonyl (C=O) groups is 2. The average molecular weight is 314 g/mol. The molecule has 0 saturated heterocycles. The number of furan rings is 1. The Hall–Kier alpha value is -2.76. The van der Waals surface area contributed by atoms with Crippen LogP contribution >= 0.6 is 0 Å². The van der Waals surface area contributed by atoms with Gasteiger partial charge in [0.2, 0.25) is 0 Å². The van der Waals surface area contributed by atoms with Crippen LogP contribution in [0, 0.1) is 6.92 Å². The van der Waals surface area contributed by atoms with Gasteiger partial charge in [0.05, 0.1) is 11.6 Å². The number of hydrogen-bond donors (Lipinski definition) is 1. The molecule has 3 rings (SSSR count). The maximum absolute atomic E-state index is 12.2. The van der Waals surface area contributed by atoms with Crippen molar-refractivity contribution >= 4 is 17.7 Å². The Morgan fingerprint density at radius 2 is 2.13 bits per heavy atom. The van der Waals surface area contributed by atoms with Crippen LogP contribution in [0.3, 0.4) is 0 Å². The number of ether oxygens (including phenoxy) is 1. The van der Waals surface area contributed by atoms with E-state index < -0.39 is 5.97 Å². The first-order valence-electron chi connectivity index (χ1n) is 7.36. The average Bonchev–Trinajstić information content (AvgIpc) is 2.95. The number of carbonyl (C=O) groups excluding carboxylic acids is 2. The molecule has 0 aliphatic carbocycles. The van der Waals surface area contributed by atoms with E-state index in [2.05, 4.69) is 5.32 Å². The lowest BCUT2D eigenvalue weighted by Gasteiger charge is -2.32. The molecule has 0 saturated carbocycles. The summed E-state index contributed by atoms with van der Waals surface area (Å²) in [6.07, 6.45) is 0. The van der Waals surface area contributed by atoms with Crippen molar-refractivity contribution < 1.29 is 18.7 Å².